The second-order valence-electron chi connectivity index (χ2n) is 6.56. The van der Waals surface area contributed by atoms with Crippen LogP contribution in [0.3, 0.4) is 0 Å². The number of hydrogen-bond donors (Lipinski definition) is 0. The van der Waals surface area contributed by atoms with Crippen molar-refractivity contribution in [3.05, 3.63) is 17.5 Å². The summed E-state index contributed by atoms with van der Waals surface area (Å²) in [4.78, 5) is 12.1. The Morgan fingerprint density at radius 2 is 1.96 bits per heavy atom. The standard InChI is InChI=1S/C16H23F3N4O/c1-12-9-14(16(17,18)19)21-15(20-12)23-6-4-22(5-7-23)10-13-3-2-8-24-11-13/h9,13H,2-8,10-11H2,1H3/t13-/m1/s1. The van der Waals surface area contributed by atoms with Gasteiger partial charge in [-0.05, 0) is 31.7 Å². The van der Waals surface area contributed by atoms with Crippen LogP contribution >= 0.6 is 0 Å². The Balaban J connectivity index is 1.59. The van der Waals surface area contributed by atoms with Gasteiger partial charge in [0.25, 0.3) is 0 Å². The first-order valence-electron chi connectivity index (χ1n) is 8.40. The maximum Gasteiger partial charge on any atom is 0.433 e. The second kappa shape index (κ2) is 7.23. The number of hydrogen-bond acceptors (Lipinski definition) is 5. The molecule has 2 saturated heterocycles. The van der Waals surface area contributed by atoms with Crippen molar-refractivity contribution < 1.29 is 17.9 Å². The number of nitrogens with zero attached hydrogens (tertiary/aromatic N) is 4. The monoisotopic (exact) mass is 344 g/mol. The fourth-order valence-corrected chi connectivity index (χ4v) is 3.29. The number of aryl methyl sites for hydroxylation is 1. The van der Waals surface area contributed by atoms with Crippen LogP contribution in [-0.2, 0) is 10.9 Å². The van der Waals surface area contributed by atoms with Gasteiger partial charge in [0, 0.05) is 45.0 Å². The first kappa shape index (κ1) is 17.4. The SMILES string of the molecule is Cc1cc(C(F)(F)F)nc(N2CCN(C[C@H]3CCCOC3)CC2)n1. The molecule has 24 heavy (non-hydrogen) atoms. The van der Waals surface area contributed by atoms with Gasteiger partial charge in [0.05, 0.1) is 6.61 Å². The fraction of sp³-hybridized carbons (Fsp3) is 0.750. The van der Waals surface area contributed by atoms with Crippen LogP contribution in [0, 0.1) is 12.8 Å². The number of piperazine rings is 1. The quantitative estimate of drug-likeness (QED) is 0.842. The third-order valence-electron chi connectivity index (χ3n) is 4.56. The van der Waals surface area contributed by atoms with Gasteiger partial charge in [-0.2, -0.15) is 13.2 Å². The zero-order chi connectivity index (χ0) is 17.2. The van der Waals surface area contributed by atoms with E-state index in [1.165, 1.54) is 6.42 Å². The summed E-state index contributed by atoms with van der Waals surface area (Å²) in [6, 6.07) is 0.989. The third-order valence-corrected chi connectivity index (χ3v) is 4.56. The molecule has 1 aromatic rings. The molecule has 2 aliphatic heterocycles. The van der Waals surface area contributed by atoms with Crippen molar-refractivity contribution in [2.45, 2.75) is 25.9 Å². The van der Waals surface area contributed by atoms with Crippen LogP contribution in [0.25, 0.3) is 0 Å². The van der Waals surface area contributed by atoms with E-state index in [4.69, 9.17) is 4.74 Å². The highest BCUT2D eigenvalue weighted by atomic mass is 19.4. The highest BCUT2D eigenvalue weighted by Crippen LogP contribution is 2.29. The molecule has 3 rings (SSSR count). The van der Waals surface area contributed by atoms with E-state index in [0.29, 0.717) is 24.7 Å². The molecule has 0 N–H and O–H groups in total. The van der Waals surface area contributed by atoms with Crippen LogP contribution in [-0.4, -0.2) is 60.8 Å². The zero-order valence-electron chi connectivity index (χ0n) is 13.8. The van der Waals surface area contributed by atoms with Gasteiger partial charge in [-0.3, -0.25) is 4.90 Å². The number of alkyl halides is 3. The lowest BCUT2D eigenvalue weighted by Crippen LogP contribution is -2.49. The van der Waals surface area contributed by atoms with E-state index in [0.717, 1.165) is 45.3 Å². The van der Waals surface area contributed by atoms with Gasteiger partial charge in [0.2, 0.25) is 5.95 Å². The van der Waals surface area contributed by atoms with Crippen LogP contribution < -0.4 is 4.90 Å². The Morgan fingerprint density at radius 3 is 2.58 bits per heavy atom. The molecule has 2 fully saturated rings. The van der Waals surface area contributed by atoms with E-state index < -0.39 is 11.9 Å². The largest absolute Gasteiger partial charge is 0.433 e. The lowest BCUT2D eigenvalue weighted by atomic mass is 10.0. The summed E-state index contributed by atoms with van der Waals surface area (Å²) in [7, 11) is 0. The van der Waals surface area contributed by atoms with Gasteiger partial charge in [-0.1, -0.05) is 0 Å². The maximum absolute atomic E-state index is 12.9. The Kier molecular flexibility index (Phi) is 5.24. The maximum atomic E-state index is 12.9. The molecule has 0 unspecified atom stereocenters. The number of anilines is 1. The molecule has 0 spiro atoms. The van der Waals surface area contributed by atoms with Crippen molar-refractivity contribution in [1.29, 1.82) is 0 Å². The van der Waals surface area contributed by atoms with E-state index in [1.807, 2.05) is 4.90 Å². The van der Waals surface area contributed by atoms with E-state index >= 15 is 0 Å². The van der Waals surface area contributed by atoms with Gasteiger partial charge in [0.1, 0.15) is 5.69 Å². The Bertz CT molecular complexity index is 553. The average molecular weight is 344 g/mol. The molecule has 0 bridgehead atoms. The highest BCUT2D eigenvalue weighted by Gasteiger charge is 2.34. The molecule has 134 valence electrons. The minimum atomic E-state index is -4.44. The summed E-state index contributed by atoms with van der Waals surface area (Å²) in [5.74, 6) is 0.750. The second-order valence-corrected chi connectivity index (χ2v) is 6.56. The molecule has 5 nitrogen and oxygen atoms in total. The van der Waals surface area contributed by atoms with Crippen molar-refractivity contribution >= 4 is 5.95 Å². The van der Waals surface area contributed by atoms with Gasteiger partial charge in [-0.15, -0.1) is 0 Å². The average Bonchev–Trinajstić information content (AvgIpc) is 2.55. The molecule has 0 amide bonds. The van der Waals surface area contributed by atoms with E-state index in [9.17, 15) is 13.2 Å². The van der Waals surface area contributed by atoms with Gasteiger partial charge in [-0.25, -0.2) is 9.97 Å². The summed E-state index contributed by atoms with van der Waals surface area (Å²) in [5.41, 5.74) is -0.527. The summed E-state index contributed by atoms with van der Waals surface area (Å²) in [5, 5.41) is 0. The molecule has 1 aromatic heterocycles. The van der Waals surface area contributed by atoms with Crippen LogP contribution in [0.5, 0.6) is 0 Å². The third kappa shape index (κ3) is 4.36. The molecule has 0 radical (unpaired) electrons. The number of halogens is 3. The van der Waals surface area contributed by atoms with E-state index in [1.54, 1.807) is 6.92 Å². The predicted octanol–water partition coefficient (Wildman–Crippen LogP) is 2.35. The topological polar surface area (TPSA) is 41.5 Å². The van der Waals surface area contributed by atoms with E-state index in [-0.39, 0.29) is 5.95 Å². The molecule has 0 saturated carbocycles. The van der Waals surface area contributed by atoms with Crippen molar-refractivity contribution in [2.75, 3.05) is 50.8 Å². The number of ether oxygens (including phenoxy) is 1. The number of rotatable bonds is 3. The zero-order valence-corrected chi connectivity index (χ0v) is 13.8. The van der Waals surface area contributed by atoms with Crippen molar-refractivity contribution in [3.8, 4) is 0 Å². The number of aromatic nitrogens is 2. The Labute approximate surface area is 139 Å². The summed E-state index contributed by atoms with van der Waals surface area (Å²) in [6.07, 6.45) is -2.14. The van der Waals surface area contributed by atoms with Crippen molar-refractivity contribution in [3.63, 3.8) is 0 Å². The van der Waals surface area contributed by atoms with Gasteiger partial charge < -0.3 is 9.64 Å². The van der Waals surface area contributed by atoms with Crippen LogP contribution in [0.2, 0.25) is 0 Å². The molecule has 1 atom stereocenters. The van der Waals surface area contributed by atoms with Gasteiger partial charge >= 0.3 is 6.18 Å². The van der Waals surface area contributed by atoms with Crippen LogP contribution in [0.4, 0.5) is 19.1 Å². The minimum Gasteiger partial charge on any atom is -0.381 e. The molecular formula is C16H23F3N4O. The normalized spacial score (nSPS) is 23.5. The molecule has 2 aliphatic rings. The summed E-state index contributed by atoms with van der Waals surface area (Å²) >= 11 is 0. The molecule has 0 aliphatic carbocycles. The lowest BCUT2D eigenvalue weighted by molar-refractivity contribution is -0.141. The van der Waals surface area contributed by atoms with Crippen molar-refractivity contribution in [1.82, 2.24) is 14.9 Å². The molecule has 3 heterocycles. The molecule has 0 aromatic carbocycles. The highest BCUT2D eigenvalue weighted by molar-refractivity contribution is 5.33. The van der Waals surface area contributed by atoms with E-state index in [2.05, 4.69) is 14.9 Å². The summed E-state index contributed by atoms with van der Waals surface area (Å²) < 4.78 is 44.2. The predicted molar refractivity (Wildman–Crippen MR) is 84.0 cm³/mol. The van der Waals surface area contributed by atoms with Gasteiger partial charge in [0.15, 0.2) is 0 Å². The molecular weight excluding hydrogens is 321 g/mol. The lowest BCUT2D eigenvalue weighted by Gasteiger charge is -2.37. The Hall–Kier alpha value is -1.41. The van der Waals surface area contributed by atoms with Crippen molar-refractivity contribution in [2.24, 2.45) is 5.92 Å². The van der Waals surface area contributed by atoms with Crippen LogP contribution in [0.15, 0.2) is 6.07 Å². The smallest absolute Gasteiger partial charge is 0.381 e. The first-order valence-corrected chi connectivity index (χ1v) is 8.40. The minimum absolute atomic E-state index is 0.183. The fourth-order valence-electron chi connectivity index (χ4n) is 3.29. The Morgan fingerprint density at radius 1 is 1.21 bits per heavy atom. The molecule has 8 heteroatoms. The summed E-state index contributed by atoms with van der Waals surface area (Å²) in [6.45, 7) is 7.16. The first-order chi connectivity index (χ1) is 11.4. The van der Waals surface area contributed by atoms with Crippen LogP contribution in [0.1, 0.15) is 24.2 Å².